The highest BCUT2D eigenvalue weighted by Gasteiger charge is 2.25. The Hall–Kier alpha value is -1.10. The Kier molecular flexibility index (Phi) is 34.9. The molecule has 0 aliphatic heterocycles. The zero-order valence-corrected chi connectivity index (χ0v) is 33.4. The summed E-state index contributed by atoms with van der Waals surface area (Å²) in [6.07, 6.45) is 41.1. The largest absolute Gasteiger partial charge is 0.466 e. The van der Waals surface area contributed by atoms with Crippen molar-refractivity contribution in [2.24, 2.45) is 0 Å². The normalized spacial score (nSPS) is 12.4. The smallest absolute Gasteiger partial charge is 0.309 e. The molecule has 0 fully saturated rings. The molecule has 0 bridgehead atoms. The Morgan fingerprint density at radius 3 is 1.08 bits per heavy atom. The van der Waals surface area contributed by atoms with Gasteiger partial charge in [0.25, 0.3) is 0 Å². The molecule has 1 atom stereocenters. The second kappa shape index (κ2) is 35.7. The van der Waals surface area contributed by atoms with Crippen molar-refractivity contribution in [2.75, 3.05) is 34.3 Å². The zero-order valence-electron chi connectivity index (χ0n) is 33.4. The monoisotopic (exact) mass is 681 g/mol. The molecule has 0 saturated heterocycles. The molecule has 0 unspecified atom stereocenters. The molecule has 0 rings (SSSR count). The standard InChI is InChI=1S/C43H86NO4/c1-6-8-10-12-14-16-18-20-22-24-26-28-30-32-34-36-38-47-43(46)39-41(40-44(3,4)5)48-42(45)37-35-33-31-29-27-25-23-21-19-17-15-13-11-9-7-2/h41H,6-40H2,1-5H3/q+1/t41-/m0/s1. The Morgan fingerprint density at radius 2 is 0.750 bits per heavy atom. The number of carbonyl (C=O) groups excluding carboxylic acids is 2. The van der Waals surface area contributed by atoms with Crippen LogP contribution in [0.25, 0.3) is 0 Å². The number of carbonyl (C=O) groups is 2. The van der Waals surface area contributed by atoms with Crippen LogP contribution in [0.3, 0.4) is 0 Å². The predicted octanol–water partition coefficient (Wildman–Crippen LogP) is 13.1. The Labute approximate surface area is 301 Å². The van der Waals surface area contributed by atoms with Gasteiger partial charge in [0.1, 0.15) is 6.54 Å². The number of rotatable bonds is 38. The average molecular weight is 681 g/mol. The van der Waals surface area contributed by atoms with Gasteiger partial charge in [-0.1, -0.05) is 200 Å². The van der Waals surface area contributed by atoms with Gasteiger partial charge >= 0.3 is 11.9 Å². The lowest BCUT2D eigenvalue weighted by atomic mass is 10.0. The van der Waals surface area contributed by atoms with E-state index in [2.05, 4.69) is 35.0 Å². The minimum atomic E-state index is -0.424. The third kappa shape index (κ3) is 37.7. The molecular formula is C43H86NO4+. The fourth-order valence-electron chi connectivity index (χ4n) is 6.72. The van der Waals surface area contributed by atoms with E-state index in [1.165, 1.54) is 173 Å². The Morgan fingerprint density at radius 1 is 0.438 bits per heavy atom. The van der Waals surface area contributed by atoms with Gasteiger partial charge in [0.05, 0.1) is 34.2 Å². The number of hydrogen-bond acceptors (Lipinski definition) is 4. The van der Waals surface area contributed by atoms with E-state index in [9.17, 15) is 9.59 Å². The molecule has 0 aromatic heterocycles. The summed E-state index contributed by atoms with van der Waals surface area (Å²) >= 11 is 0. The van der Waals surface area contributed by atoms with Gasteiger partial charge in [0.15, 0.2) is 6.10 Å². The summed E-state index contributed by atoms with van der Waals surface area (Å²) in [7, 11) is 6.20. The number of esters is 2. The third-order valence-electron chi connectivity index (χ3n) is 9.69. The van der Waals surface area contributed by atoms with Crippen LogP contribution in [-0.2, 0) is 19.1 Å². The Balaban J connectivity index is 3.79. The van der Waals surface area contributed by atoms with Gasteiger partial charge in [0.2, 0.25) is 0 Å². The van der Waals surface area contributed by atoms with Gasteiger partial charge in [-0.25, -0.2) is 0 Å². The molecule has 0 radical (unpaired) electrons. The highest BCUT2D eigenvalue weighted by atomic mass is 16.6. The van der Waals surface area contributed by atoms with E-state index in [1.54, 1.807) is 0 Å². The summed E-state index contributed by atoms with van der Waals surface area (Å²) in [5.74, 6) is -0.414. The molecule has 0 aromatic rings. The first-order valence-electron chi connectivity index (χ1n) is 21.4. The number of unbranched alkanes of at least 4 members (excludes halogenated alkanes) is 29. The summed E-state index contributed by atoms with van der Waals surface area (Å²) in [5, 5.41) is 0. The summed E-state index contributed by atoms with van der Waals surface area (Å²) in [6.45, 7) is 5.65. The van der Waals surface area contributed by atoms with E-state index in [1.807, 2.05) is 0 Å². The van der Waals surface area contributed by atoms with Crippen molar-refractivity contribution in [1.82, 2.24) is 0 Å². The first-order valence-corrected chi connectivity index (χ1v) is 21.4. The van der Waals surface area contributed by atoms with Gasteiger partial charge in [-0.2, -0.15) is 0 Å². The molecule has 0 amide bonds. The fraction of sp³-hybridized carbons (Fsp3) is 0.953. The van der Waals surface area contributed by atoms with Crippen molar-refractivity contribution in [3.05, 3.63) is 0 Å². The van der Waals surface area contributed by atoms with Crippen LogP contribution in [0.2, 0.25) is 0 Å². The molecule has 0 N–H and O–H groups in total. The van der Waals surface area contributed by atoms with Crippen molar-refractivity contribution in [2.45, 2.75) is 232 Å². The minimum Gasteiger partial charge on any atom is -0.466 e. The molecule has 0 aromatic carbocycles. The van der Waals surface area contributed by atoms with Gasteiger partial charge in [-0.3, -0.25) is 9.59 Å². The third-order valence-corrected chi connectivity index (χ3v) is 9.69. The molecule has 0 heterocycles. The SMILES string of the molecule is CCCCCCCCCCCCCCCCCCOC(=O)C[C@@H](C[N+](C)(C)C)OC(=O)CCCCCCCCCCCCCCCCC. The van der Waals surface area contributed by atoms with Crippen LogP contribution in [-0.4, -0.2) is 56.8 Å². The quantitative estimate of drug-likeness (QED) is 0.0370. The summed E-state index contributed by atoms with van der Waals surface area (Å²) < 4.78 is 12.0. The minimum absolute atomic E-state index is 0.152. The lowest BCUT2D eigenvalue weighted by Gasteiger charge is -2.28. The maximum Gasteiger partial charge on any atom is 0.309 e. The van der Waals surface area contributed by atoms with E-state index >= 15 is 0 Å². The average Bonchev–Trinajstić information content (AvgIpc) is 3.03. The van der Waals surface area contributed by atoms with Crippen molar-refractivity contribution in [3.8, 4) is 0 Å². The number of nitrogens with zero attached hydrogens (tertiary/aromatic N) is 1. The van der Waals surface area contributed by atoms with Gasteiger partial charge < -0.3 is 14.0 Å². The molecular weight excluding hydrogens is 594 g/mol. The molecule has 5 nitrogen and oxygen atoms in total. The van der Waals surface area contributed by atoms with Crippen molar-refractivity contribution in [3.63, 3.8) is 0 Å². The first-order chi connectivity index (χ1) is 23.3. The molecule has 5 heteroatoms. The number of hydrogen-bond donors (Lipinski definition) is 0. The van der Waals surface area contributed by atoms with Gasteiger partial charge in [-0.05, 0) is 12.8 Å². The van der Waals surface area contributed by atoms with Crippen LogP contribution in [0.1, 0.15) is 226 Å². The maximum absolute atomic E-state index is 12.6. The second-order valence-corrected chi connectivity index (χ2v) is 16.0. The fourth-order valence-corrected chi connectivity index (χ4v) is 6.72. The van der Waals surface area contributed by atoms with Crippen molar-refractivity contribution >= 4 is 11.9 Å². The molecule has 0 saturated carbocycles. The van der Waals surface area contributed by atoms with E-state index < -0.39 is 6.10 Å². The summed E-state index contributed by atoms with van der Waals surface area (Å²) in [6, 6.07) is 0. The van der Waals surface area contributed by atoms with Crippen LogP contribution < -0.4 is 0 Å². The maximum atomic E-state index is 12.6. The van der Waals surface area contributed by atoms with E-state index in [0.29, 0.717) is 24.1 Å². The molecule has 0 aliphatic rings. The van der Waals surface area contributed by atoms with E-state index in [0.717, 1.165) is 25.7 Å². The molecule has 0 spiro atoms. The lowest BCUT2D eigenvalue weighted by molar-refractivity contribution is -0.873. The summed E-state index contributed by atoms with van der Waals surface area (Å²) in [4.78, 5) is 25.2. The second-order valence-electron chi connectivity index (χ2n) is 16.0. The lowest BCUT2D eigenvalue weighted by Crippen LogP contribution is -2.44. The predicted molar refractivity (Wildman–Crippen MR) is 207 cm³/mol. The van der Waals surface area contributed by atoms with Crippen LogP contribution in [0.5, 0.6) is 0 Å². The number of ether oxygens (including phenoxy) is 2. The summed E-state index contributed by atoms with van der Waals surface area (Å²) in [5.41, 5.74) is 0. The van der Waals surface area contributed by atoms with Crippen LogP contribution in [0.15, 0.2) is 0 Å². The zero-order chi connectivity index (χ0) is 35.4. The number of likely N-dealkylation sites (N-methyl/N-ethyl adjacent to an activating group) is 1. The highest BCUT2D eigenvalue weighted by molar-refractivity contribution is 5.72. The molecule has 0 aliphatic carbocycles. The van der Waals surface area contributed by atoms with Crippen molar-refractivity contribution < 1.29 is 23.5 Å². The topological polar surface area (TPSA) is 52.6 Å². The van der Waals surface area contributed by atoms with E-state index in [-0.39, 0.29) is 18.4 Å². The highest BCUT2D eigenvalue weighted by Crippen LogP contribution is 2.16. The Bertz CT molecular complexity index is 689. The first kappa shape index (κ1) is 46.9. The number of quaternary nitrogens is 1. The molecule has 48 heavy (non-hydrogen) atoms. The van der Waals surface area contributed by atoms with E-state index in [4.69, 9.17) is 9.47 Å². The van der Waals surface area contributed by atoms with Crippen LogP contribution in [0, 0.1) is 0 Å². The van der Waals surface area contributed by atoms with Gasteiger partial charge in [-0.15, -0.1) is 0 Å². The van der Waals surface area contributed by atoms with Crippen LogP contribution >= 0.6 is 0 Å². The molecule has 286 valence electrons. The van der Waals surface area contributed by atoms with Gasteiger partial charge in [0, 0.05) is 6.42 Å². The van der Waals surface area contributed by atoms with Crippen molar-refractivity contribution in [1.29, 1.82) is 0 Å². The van der Waals surface area contributed by atoms with Crippen LogP contribution in [0.4, 0.5) is 0 Å².